The number of benzene rings is 1. The van der Waals surface area contributed by atoms with E-state index in [-0.39, 0.29) is 5.92 Å². The molecule has 2 nitrogen and oxygen atoms in total. The largest absolute Gasteiger partial charge is 0.387 e. The molecule has 2 heteroatoms. The summed E-state index contributed by atoms with van der Waals surface area (Å²) in [6, 6.07) is 7.77. The Hall–Kier alpha value is -1.46. The van der Waals surface area contributed by atoms with Gasteiger partial charge in [0.25, 0.3) is 0 Å². The van der Waals surface area contributed by atoms with Gasteiger partial charge in [0.1, 0.15) is 0 Å². The minimum atomic E-state index is -0.578. The highest BCUT2D eigenvalue weighted by molar-refractivity contribution is 5.46. The molecule has 0 saturated carbocycles. The number of hydrogen-bond acceptors (Lipinski definition) is 2. The molecule has 0 heterocycles. The summed E-state index contributed by atoms with van der Waals surface area (Å²) in [5.41, 5.74) is 1.98. The Morgan fingerprint density at radius 2 is 1.80 bits per heavy atom. The van der Waals surface area contributed by atoms with E-state index < -0.39 is 6.10 Å². The van der Waals surface area contributed by atoms with Crippen LogP contribution in [0.3, 0.4) is 0 Å². The predicted molar refractivity (Wildman–Crippen MR) is 63.7 cm³/mol. The molecule has 0 radical (unpaired) electrons. The lowest BCUT2D eigenvalue weighted by atomic mass is 9.98. The summed E-state index contributed by atoms with van der Waals surface area (Å²) in [5, 5.41) is 9.86. The molecule has 0 aromatic heterocycles. The van der Waals surface area contributed by atoms with Crippen molar-refractivity contribution < 1.29 is 5.11 Å². The van der Waals surface area contributed by atoms with Gasteiger partial charge < -0.3 is 10.0 Å². The Morgan fingerprint density at radius 3 is 2.20 bits per heavy atom. The molecule has 1 aromatic rings. The van der Waals surface area contributed by atoms with Crippen molar-refractivity contribution in [2.75, 3.05) is 19.0 Å². The average Bonchev–Trinajstić information content (AvgIpc) is 2.27. The lowest BCUT2D eigenvalue weighted by Gasteiger charge is -2.16. The van der Waals surface area contributed by atoms with Gasteiger partial charge in [-0.15, -0.1) is 12.3 Å². The van der Waals surface area contributed by atoms with Crippen LogP contribution in [0.2, 0.25) is 0 Å². The topological polar surface area (TPSA) is 23.5 Å². The van der Waals surface area contributed by atoms with Crippen molar-refractivity contribution in [3.8, 4) is 12.3 Å². The summed E-state index contributed by atoms with van der Waals surface area (Å²) >= 11 is 0. The minimum Gasteiger partial charge on any atom is -0.387 e. The molecule has 15 heavy (non-hydrogen) atoms. The molecule has 0 saturated heterocycles. The summed E-state index contributed by atoms with van der Waals surface area (Å²) in [6.07, 6.45) is 4.69. The highest BCUT2D eigenvalue weighted by atomic mass is 16.3. The van der Waals surface area contributed by atoms with Crippen molar-refractivity contribution in [3.05, 3.63) is 29.8 Å². The van der Waals surface area contributed by atoms with Crippen LogP contribution in [0.25, 0.3) is 0 Å². The second-order valence-corrected chi connectivity index (χ2v) is 3.89. The molecule has 2 atom stereocenters. The van der Waals surface area contributed by atoms with Crippen molar-refractivity contribution in [1.29, 1.82) is 0 Å². The molecule has 0 bridgehead atoms. The van der Waals surface area contributed by atoms with Crippen molar-refractivity contribution in [2.24, 2.45) is 5.92 Å². The third-order valence-corrected chi connectivity index (χ3v) is 2.49. The summed E-state index contributed by atoms with van der Waals surface area (Å²) < 4.78 is 0. The maximum atomic E-state index is 9.86. The highest BCUT2D eigenvalue weighted by Crippen LogP contribution is 2.23. The number of hydrogen-bond donors (Lipinski definition) is 1. The quantitative estimate of drug-likeness (QED) is 0.760. The second kappa shape index (κ2) is 4.86. The number of aliphatic hydroxyl groups is 1. The predicted octanol–water partition coefficient (Wildman–Crippen LogP) is 2.06. The third-order valence-electron chi connectivity index (χ3n) is 2.49. The highest BCUT2D eigenvalue weighted by Gasteiger charge is 2.13. The Balaban J connectivity index is 2.85. The lowest BCUT2D eigenvalue weighted by Crippen LogP contribution is -2.10. The van der Waals surface area contributed by atoms with Gasteiger partial charge in [-0.1, -0.05) is 12.1 Å². The van der Waals surface area contributed by atoms with Gasteiger partial charge in [-0.05, 0) is 24.6 Å². The van der Waals surface area contributed by atoms with Crippen LogP contribution in [0.15, 0.2) is 24.3 Å². The van der Waals surface area contributed by atoms with Gasteiger partial charge in [0.2, 0.25) is 0 Å². The third kappa shape index (κ3) is 2.74. The van der Waals surface area contributed by atoms with E-state index >= 15 is 0 Å². The van der Waals surface area contributed by atoms with Crippen LogP contribution in [0, 0.1) is 18.3 Å². The van der Waals surface area contributed by atoms with Crippen molar-refractivity contribution in [2.45, 2.75) is 13.0 Å². The number of nitrogens with zero attached hydrogens (tertiary/aromatic N) is 1. The van der Waals surface area contributed by atoms with Crippen LogP contribution in [0.1, 0.15) is 18.6 Å². The zero-order chi connectivity index (χ0) is 11.4. The molecule has 1 aromatic carbocycles. The van der Waals surface area contributed by atoms with Crippen molar-refractivity contribution in [3.63, 3.8) is 0 Å². The number of anilines is 1. The summed E-state index contributed by atoms with van der Waals surface area (Å²) in [4.78, 5) is 2.01. The van der Waals surface area contributed by atoms with Crippen LogP contribution in [-0.2, 0) is 0 Å². The van der Waals surface area contributed by atoms with E-state index in [1.165, 1.54) is 0 Å². The molecule has 1 N–H and O–H groups in total. The van der Waals surface area contributed by atoms with E-state index in [9.17, 15) is 5.11 Å². The molecule has 0 amide bonds. The molecule has 2 unspecified atom stereocenters. The summed E-state index contributed by atoms with van der Waals surface area (Å²) in [5.74, 6) is 2.38. The van der Waals surface area contributed by atoms with Crippen LogP contribution in [0.5, 0.6) is 0 Å². The van der Waals surface area contributed by atoms with Crippen molar-refractivity contribution in [1.82, 2.24) is 0 Å². The van der Waals surface area contributed by atoms with Crippen LogP contribution < -0.4 is 4.90 Å². The maximum absolute atomic E-state index is 9.86. The molecule has 0 aliphatic carbocycles. The standard InChI is InChI=1S/C13H17NO/c1-5-10(2)13(15)11-6-8-12(9-7-11)14(3)4/h1,6-10,13,15H,2-4H3. The van der Waals surface area contributed by atoms with Crippen LogP contribution >= 0.6 is 0 Å². The molecule has 0 aliphatic rings. The Labute approximate surface area is 91.5 Å². The number of terminal acetylenes is 1. The van der Waals surface area contributed by atoms with Gasteiger partial charge in [-0.2, -0.15) is 0 Å². The maximum Gasteiger partial charge on any atom is 0.0924 e. The monoisotopic (exact) mass is 203 g/mol. The first-order valence-electron chi connectivity index (χ1n) is 4.97. The fourth-order valence-corrected chi connectivity index (χ4v) is 1.35. The lowest BCUT2D eigenvalue weighted by molar-refractivity contribution is 0.144. The molecule has 1 rings (SSSR count). The minimum absolute atomic E-state index is 0.157. The molecule has 80 valence electrons. The van der Waals surface area contributed by atoms with E-state index in [4.69, 9.17) is 6.42 Å². The number of aliphatic hydroxyl groups excluding tert-OH is 1. The van der Waals surface area contributed by atoms with Crippen molar-refractivity contribution >= 4 is 5.69 Å². The number of rotatable bonds is 3. The van der Waals surface area contributed by atoms with E-state index in [1.54, 1.807) is 0 Å². The molecule has 0 fully saturated rings. The average molecular weight is 203 g/mol. The zero-order valence-electron chi connectivity index (χ0n) is 9.44. The smallest absolute Gasteiger partial charge is 0.0924 e. The Morgan fingerprint density at radius 1 is 1.27 bits per heavy atom. The molecular weight excluding hydrogens is 186 g/mol. The SMILES string of the molecule is C#CC(C)C(O)c1ccc(N(C)C)cc1. The molecule has 0 aliphatic heterocycles. The van der Waals surface area contributed by atoms with Crippen LogP contribution in [0.4, 0.5) is 5.69 Å². The van der Waals surface area contributed by atoms with Gasteiger partial charge >= 0.3 is 0 Å². The van der Waals surface area contributed by atoms with Gasteiger partial charge in [0.15, 0.2) is 0 Å². The van der Waals surface area contributed by atoms with Gasteiger partial charge in [0.05, 0.1) is 6.10 Å². The van der Waals surface area contributed by atoms with E-state index in [2.05, 4.69) is 5.92 Å². The first-order valence-corrected chi connectivity index (χ1v) is 4.97. The first kappa shape index (κ1) is 11.6. The van der Waals surface area contributed by atoms with Gasteiger partial charge in [-0.25, -0.2) is 0 Å². The van der Waals surface area contributed by atoms with Gasteiger partial charge in [0, 0.05) is 25.7 Å². The first-order chi connectivity index (χ1) is 7.06. The summed E-state index contributed by atoms with van der Waals surface area (Å²) in [6.45, 7) is 1.84. The van der Waals surface area contributed by atoms with E-state index in [0.29, 0.717) is 0 Å². The molecular formula is C13H17NO. The van der Waals surface area contributed by atoms with Gasteiger partial charge in [-0.3, -0.25) is 0 Å². The Kier molecular flexibility index (Phi) is 3.76. The zero-order valence-corrected chi connectivity index (χ0v) is 9.44. The fourth-order valence-electron chi connectivity index (χ4n) is 1.35. The fraction of sp³-hybridized carbons (Fsp3) is 0.385. The van der Waals surface area contributed by atoms with E-state index in [1.807, 2.05) is 50.2 Å². The second-order valence-electron chi connectivity index (χ2n) is 3.89. The molecule has 0 spiro atoms. The van der Waals surface area contributed by atoms with E-state index in [0.717, 1.165) is 11.3 Å². The Bertz CT molecular complexity index is 348. The normalized spacial score (nSPS) is 14.1. The summed E-state index contributed by atoms with van der Waals surface area (Å²) in [7, 11) is 3.96. The van der Waals surface area contributed by atoms with Crippen LogP contribution in [-0.4, -0.2) is 19.2 Å².